The third-order valence-electron chi connectivity index (χ3n) is 2.12. The van der Waals surface area contributed by atoms with E-state index in [1.807, 2.05) is 0 Å². The molecule has 0 spiro atoms. The number of methoxy groups -OCH3 is 1. The Kier molecular flexibility index (Phi) is 3.16. The molecule has 6 nitrogen and oxygen atoms in total. The van der Waals surface area contributed by atoms with Gasteiger partial charge in [0.25, 0.3) is 0 Å². The quantitative estimate of drug-likeness (QED) is 0.854. The largest absolute Gasteiger partial charge is 0.464 e. The van der Waals surface area contributed by atoms with Crippen LogP contribution in [0.3, 0.4) is 0 Å². The lowest BCUT2D eigenvalue weighted by Gasteiger charge is -2.02. The van der Waals surface area contributed by atoms with Gasteiger partial charge in [-0.15, -0.1) is 0 Å². The first-order valence-electron chi connectivity index (χ1n) is 4.59. The van der Waals surface area contributed by atoms with Crippen LogP contribution < -0.4 is 5.73 Å². The van der Waals surface area contributed by atoms with Crippen LogP contribution in [0.2, 0.25) is 0 Å². The standard InChI is InChI=1S/C9H9BrN4O2S/c1-4-13-6(8(15)16-2)7(11)14(4)9-12-3-5(10)17-9/h3H,11H2,1-2H3. The summed E-state index contributed by atoms with van der Waals surface area (Å²) in [5, 5.41) is 0.648. The molecule has 0 radical (unpaired) electrons. The van der Waals surface area contributed by atoms with Gasteiger partial charge in [-0.3, -0.25) is 4.57 Å². The Hall–Kier alpha value is -1.41. The zero-order valence-corrected chi connectivity index (χ0v) is 11.5. The maximum atomic E-state index is 11.4. The van der Waals surface area contributed by atoms with Gasteiger partial charge < -0.3 is 10.5 Å². The number of carbonyl (C=O) groups excluding carboxylic acids is 1. The van der Waals surface area contributed by atoms with Crippen molar-refractivity contribution in [2.24, 2.45) is 0 Å². The van der Waals surface area contributed by atoms with E-state index in [1.165, 1.54) is 18.4 Å². The van der Waals surface area contributed by atoms with E-state index >= 15 is 0 Å². The van der Waals surface area contributed by atoms with Crippen molar-refractivity contribution in [3.05, 3.63) is 21.5 Å². The third-order valence-corrected chi connectivity index (χ3v) is 3.58. The molecular formula is C9H9BrN4O2S. The molecule has 90 valence electrons. The lowest BCUT2D eigenvalue weighted by Crippen LogP contribution is -2.07. The summed E-state index contributed by atoms with van der Waals surface area (Å²) in [5.41, 5.74) is 5.98. The molecule has 0 aromatic carbocycles. The fourth-order valence-electron chi connectivity index (χ4n) is 1.39. The fraction of sp³-hybridized carbons (Fsp3) is 0.222. The van der Waals surface area contributed by atoms with Gasteiger partial charge >= 0.3 is 5.97 Å². The summed E-state index contributed by atoms with van der Waals surface area (Å²) < 4.78 is 7.09. The number of aryl methyl sites for hydroxylation is 1. The predicted molar refractivity (Wildman–Crippen MR) is 67.4 cm³/mol. The van der Waals surface area contributed by atoms with Crippen LogP contribution in [-0.4, -0.2) is 27.6 Å². The summed E-state index contributed by atoms with van der Waals surface area (Å²) in [6.07, 6.45) is 1.66. The Labute approximate surface area is 110 Å². The smallest absolute Gasteiger partial charge is 0.360 e. The van der Waals surface area contributed by atoms with Crippen LogP contribution in [0.5, 0.6) is 0 Å². The topological polar surface area (TPSA) is 83.0 Å². The Bertz CT molecular complexity index is 578. The number of rotatable bonds is 2. The predicted octanol–water partition coefficient (Wildman–Crippen LogP) is 1.77. The lowest BCUT2D eigenvalue weighted by atomic mass is 10.4. The first kappa shape index (κ1) is 12.1. The van der Waals surface area contributed by atoms with Crippen LogP contribution in [0, 0.1) is 6.92 Å². The first-order chi connectivity index (χ1) is 8.04. The minimum Gasteiger partial charge on any atom is -0.464 e. The molecule has 0 aliphatic carbocycles. The van der Waals surface area contributed by atoms with Crippen molar-refractivity contribution < 1.29 is 9.53 Å². The Morgan fingerprint density at radius 3 is 2.88 bits per heavy atom. The Morgan fingerprint density at radius 2 is 2.35 bits per heavy atom. The van der Waals surface area contributed by atoms with Gasteiger partial charge in [0.05, 0.1) is 17.1 Å². The second-order valence-electron chi connectivity index (χ2n) is 3.17. The number of nitrogens with two attached hydrogens (primary N) is 1. The van der Waals surface area contributed by atoms with Crippen molar-refractivity contribution in [2.45, 2.75) is 6.92 Å². The average molecular weight is 317 g/mol. The number of nitrogens with zero attached hydrogens (tertiary/aromatic N) is 3. The van der Waals surface area contributed by atoms with Gasteiger partial charge in [-0.2, -0.15) is 0 Å². The average Bonchev–Trinajstić information content (AvgIpc) is 2.82. The molecule has 2 heterocycles. The molecule has 2 aromatic heterocycles. The van der Waals surface area contributed by atoms with Crippen molar-refractivity contribution in [3.8, 4) is 5.13 Å². The van der Waals surface area contributed by atoms with Gasteiger partial charge in [0.1, 0.15) is 11.6 Å². The van der Waals surface area contributed by atoms with E-state index in [0.717, 1.165) is 3.79 Å². The normalized spacial score (nSPS) is 10.5. The monoisotopic (exact) mass is 316 g/mol. The van der Waals surface area contributed by atoms with Crippen molar-refractivity contribution >= 4 is 39.1 Å². The number of esters is 1. The molecule has 0 aliphatic rings. The third kappa shape index (κ3) is 2.05. The molecule has 0 bridgehead atoms. The van der Waals surface area contributed by atoms with Crippen molar-refractivity contribution in [1.82, 2.24) is 14.5 Å². The van der Waals surface area contributed by atoms with Crippen LogP contribution in [-0.2, 0) is 4.74 Å². The van der Waals surface area contributed by atoms with Gasteiger partial charge in [-0.05, 0) is 22.9 Å². The fourth-order valence-corrected chi connectivity index (χ4v) is 2.63. The van der Waals surface area contributed by atoms with Crippen molar-refractivity contribution in [2.75, 3.05) is 12.8 Å². The minimum absolute atomic E-state index is 0.108. The molecule has 0 saturated carbocycles. The van der Waals surface area contributed by atoms with Gasteiger partial charge in [0, 0.05) is 0 Å². The summed E-state index contributed by atoms with van der Waals surface area (Å²) in [4.78, 5) is 19.7. The SMILES string of the molecule is COC(=O)c1nc(C)n(-c2ncc(Br)s2)c1N. The number of hydrogen-bond acceptors (Lipinski definition) is 6. The number of ether oxygens (including phenoxy) is 1. The molecule has 0 atom stereocenters. The number of imidazole rings is 1. The molecule has 0 fully saturated rings. The number of nitrogen functional groups attached to an aromatic ring is 1. The molecule has 17 heavy (non-hydrogen) atoms. The number of aromatic nitrogens is 3. The highest BCUT2D eigenvalue weighted by molar-refractivity contribution is 9.11. The van der Waals surface area contributed by atoms with Crippen molar-refractivity contribution in [3.63, 3.8) is 0 Å². The summed E-state index contributed by atoms with van der Waals surface area (Å²) in [6.45, 7) is 1.75. The van der Waals surface area contributed by atoms with E-state index in [-0.39, 0.29) is 11.5 Å². The number of anilines is 1. The maximum Gasteiger partial charge on any atom is 0.360 e. The van der Waals surface area contributed by atoms with E-state index in [0.29, 0.717) is 11.0 Å². The lowest BCUT2D eigenvalue weighted by molar-refractivity contribution is 0.0596. The number of carbonyl (C=O) groups is 1. The van der Waals surface area contributed by atoms with E-state index in [4.69, 9.17) is 5.73 Å². The van der Waals surface area contributed by atoms with Gasteiger partial charge in [-0.25, -0.2) is 14.8 Å². The molecule has 0 aliphatic heterocycles. The van der Waals surface area contributed by atoms with Gasteiger partial charge in [0.15, 0.2) is 10.8 Å². The van der Waals surface area contributed by atoms with Crippen molar-refractivity contribution in [1.29, 1.82) is 0 Å². The molecular weight excluding hydrogens is 308 g/mol. The van der Waals surface area contributed by atoms with E-state index in [1.54, 1.807) is 17.7 Å². The molecule has 0 unspecified atom stereocenters. The molecule has 0 saturated heterocycles. The molecule has 2 N–H and O–H groups in total. The zero-order valence-electron chi connectivity index (χ0n) is 9.10. The van der Waals surface area contributed by atoms with Gasteiger partial charge in [0.2, 0.25) is 0 Å². The summed E-state index contributed by atoms with van der Waals surface area (Å²) in [7, 11) is 1.29. The molecule has 2 aromatic rings. The van der Waals surface area contributed by atoms with E-state index in [9.17, 15) is 4.79 Å². The second-order valence-corrected chi connectivity index (χ2v) is 5.56. The van der Waals surface area contributed by atoms with E-state index < -0.39 is 5.97 Å². The molecule has 8 heteroatoms. The van der Waals surface area contributed by atoms with Gasteiger partial charge in [-0.1, -0.05) is 11.3 Å². The van der Waals surface area contributed by atoms with Crippen LogP contribution in [0.4, 0.5) is 5.82 Å². The number of thiazole rings is 1. The summed E-state index contributed by atoms with van der Waals surface area (Å²) in [5.74, 6) is 0.265. The summed E-state index contributed by atoms with van der Waals surface area (Å²) >= 11 is 4.72. The molecule has 0 amide bonds. The van der Waals surface area contributed by atoms with E-state index in [2.05, 4.69) is 30.6 Å². The van der Waals surface area contributed by atoms with Crippen LogP contribution >= 0.6 is 27.3 Å². The summed E-state index contributed by atoms with van der Waals surface area (Å²) in [6, 6.07) is 0. The first-order valence-corrected chi connectivity index (χ1v) is 6.20. The Morgan fingerprint density at radius 1 is 1.65 bits per heavy atom. The molecule has 2 rings (SSSR count). The number of hydrogen-bond donors (Lipinski definition) is 1. The highest BCUT2D eigenvalue weighted by Gasteiger charge is 2.21. The van der Waals surface area contributed by atoms with Crippen LogP contribution in [0.15, 0.2) is 9.98 Å². The highest BCUT2D eigenvalue weighted by atomic mass is 79.9. The van der Waals surface area contributed by atoms with Crippen LogP contribution in [0.25, 0.3) is 5.13 Å². The Balaban J connectivity index is 2.56. The number of halogens is 1. The van der Waals surface area contributed by atoms with Crippen LogP contribution in [0.1, 0.15) is 16.3 Å². The second kappa shape index (κ2) is 4.46. The maximum absolute atomic E-state index is 11.4. The zero-order chi connectivity index (χ0) is 12.6. The highest BCUT2D eigenvalue weighted by Crippen LogP contribution is 2.27. The minimum atomic E-state index is -0.556.